The van der Waals surface area contributed by atoms with Gasteiger partial charge in [-0.15, -0.1) is 0 Å². The quantitative estimate of drug-likeness (QED) is 0.863. The van der Waals surface area contributed by atoms with Gasteiger partial charge < -0.3 is 19.7 Å². The number of rotatable bonds is 5. The van der Waals surface area contributed by atoms with Gasteiger partial charge in [-0.2, -0.15) is 0 Å². The van der Waals surface area contributed by atoms with Crippen LogP contribution in [0.15, 0.2) is 40.9 Å². The standard InChI is InChI=1S/C13H12N2O5/c16-12(17)11-6-10(15-20-11)7-14-13(18)19-8-9-4-2-1-3-5-9/h1-6H,7-8H2,(H,14,18)(H,16,17). The van der Waals surface area contributed by atoms with E-state index >= 15 is 0 Å². The number of alkyl carbamates (subject to hydrolysis) is 1. The Hall–Kier alpha value is -2.83. The summed E-state index contributed by atoms with van der Waals surface area (Å²) in [5, 5.41) is 14.6. The average Bonchev–Trinajstić information content (AvgIpc) is 2.93. The van der Waals surface area contributed by atoms with Gasteiger partial charge in [0.2, 0.25) is 5.76 Å². The maximum Gasteiger partial charge on any atom is 0.407 e. The molecule has 0 aliphatic carbocycles. The lowest BCUT2D eigenvalue weighted by Gasteiger charge is -2.05. The molecular formula is C13H12N2O5. The van der Waals surface area contributed by atoms with Crippen LogP contribution in [-0.2, 0) is 17.9 Å². The van der Waals surface area contributed by atoms with E-state index in [1.54, 1.807) is 0 Å². The average molecular weight is 276 g/mol. The molecule has 1 aromatic carbocycles. The Morgan fingerprint density at radius 1 is 1.30 bits per heavy atom. The highest BCUT2D eigenvalue weighted by atomic mass is 16.5. The second kappa shape index (κ2) is 6.37. The van der Waals surface area contributed by atoms with Crippen molar-refractivity contribution in [1.29, 1.82) is 0 Å². The fraction of sp³-hybridized carbons (Fsp3) is 0.154. The summed E-state index contributed by atoms with van der Waals surface area (Å²) in [5.41, 5.74) is 1.18. The molecule has 0 atom stereocenters. The first kappa shape index (κ1) is 13.6. The molecule has 0 saturated heterocycles. The molecule has 2 N–H and O–H groups in total. The van der Waals surface area contributed by atoms with Crippen LogP contribution in [0.25, 0.3) is 0 Å². The van der Waals surface area contributed by atoms with Gasteiger partial charge in [-0.05, 0) is 5.56 Å². The lowest BCUT2D eigenvalue weighted by molar-refractivity contribution is 0.0651. The van der Waals surface area contributed by atoms with E-state index in [4.69, 9.17) is 9.84 Å². The highest BCUT2D eigenvalue weighted by Crippen LogP contribution is 2.04. The Morgan fingerprint density at radius 3 is 2.70 bits per heavy atom. The van der Waals surface area contributed by atoms with Crippen molar-refractivity contribution in [3.8, 4) is 0 Å². The summed E-state index contributed by atoms with van der Waals surface area (Å²) < 4.78 is 9.53. The van der Waals surface area contributed by atoms with E-state index in [2.05, 4.69) is 15.0 Å². The van der Waals surface area contributed by atoms with Gasteiger partial charge in [0.05, 0.1) is 6.54 Å². The molecule has 2 aromatic rings. The molecule has 7 heteroatoms. The van der Waals surface area contributed by atoms with Gasteiger partial charge in [-0.3, -0.25) is 0 Å². The van der Waals surface area contributed by atoms with Gasteiger partial charge in [-0.25, -0.2) is 9.59 Å². The number of carboxylic acid groups (broad SMARTS) is 1. The fourth-order valence-corrected chi connectivity index (χ4v) is 1.43. The molecule has 7 nitrogen and oxygen atoms in total. The van der Waals surface area contributed by atoms with Crippen molar-refractivity contribution < 1.29 is 24.0 Å². The number of amides is 1. The number of carboxylic acids is 1. The number of carbonyl (C=O) groups excluding carboxylic acids is 1. The minimum atomic E-state index is -1.21. The number of hydrogen-bond acceptors (Lipinski definition) is 5. The second-order valence-electron chi connectivity index (χ2n) is 3.90. The molecule has 0 radical (unpaired) electrons. The van der Waals surface area contributed by atoms with Gasteiger partial charge in [0.15, 0.2) is 0 Å². The molecule has 2 rings (SSSR count). The number of nitrogens with zero attached hydrogens (tertiary/aromatic N) is 1. The third-order valence-electron chi connectivity index (χ3n) is 2.40. The Bertz CT molecular complexity index is 594. The maximum atomic E-state index is 11.4. The molecule has 0 bridgehead atoms. The van der Waals surface area contributed by atoms with Crippen LogP contribution in [-0.4, -0.2) is 22.3 Å². The molecule has 0 aliphatic rings. The summed E-state index contributed by atoms with van der Waals surface area (Å²) in [6.45, 7) is 0.191. The number of carbonyl (C=O) groups is 2. The smallest absolute Gasteiger partial charge is 0.407 e. The van der Waals surface area contributed by atoms with E-state index in [1.165, 1.54) is 6.07 Å². The van der Waals surface area contributed by atoms with Gasteiger partial charge in [0.1, 0.15) is 12.3 Å². The molecule has 0 fully saturated rings. The first-order valence-electron chi connectivity index (χ1n) is 5.78. The first-order chi connectivity index (χ1) is 9.65. The monoisotopic (exact) mass is 276 g/mol. The third kappa shape index (κ3) is 3.84. The highest BCUT2D eigenvalue weighted by molar-refractivity contribution is 5.84. The zero-order valence-corrected chi connectivity index (χ0v) is 10.4. The van der Waals surface area contributed by atoms with Crippen LogP contribution in [0.4, 0.5) is 4.79 Å². The summed E-state index contributed by atoms with van der Waals surface area (Å²) in [6.07, 6.45) is -0.617. The van der Waals surface area contributed by atoms with E-state index < -0.39 is 12.1 Å². The first-order valence-corrected chi connectivity index (χ1v) is 5.78. The lowest BCUT2D eigenvalue weighted by atomic mass is 10.2. The summed E-state index contributed by atoms with van der Waals surface area (Å²) in [6, 6.07) is 10.5. The van der Waals surface area contributed by atoms with E-state index in [0.29, 0.717) is 5.69 Å². The Labute approximate surface area is 114 Å². The normalized spacial score (nSPS) is 10.0. The van der Waals surface area contributed by atoms with Crippen LogP contribution in [0.1, 0.15) is 21.8 Å². The molecular weight excluding hydrogens is 264 g/mol. The van der Waals surface area contributed by atoms with Crippen molar-refractivity contribution in [2.75, 3.05) is 0 Å². The van der Waals surface area contributed by atoms with Crippen LogP contribution in [0.5, 0.6) is 0 Å². The van der Waals surface area contributed by atoms with Crippen molar-refractivity contribution in [3.05, 3.63) is 53.4 Å². The van der Waals surface area contributed by atoms with Gasteiger partial charge >= 0.3 is 12.1 Å². The summed E-state index contributed by atoms with van der Waals surface area (Å²) in [7, 11) is 0. The number of hydrogen-bond donors (Lipinski definition) is 2. The van der Waals surface area contributed by atoms with E-state index in [1.807, 2.05) is 30.3 Å². The zero-order chi connectivity index (χ0) is 14.4. The number of nitrogens with one attached hydrogen (secondary N) is 1. The molecule has 1 amide bonds. The van der Waals surface area contributed by atoms with Gasteiger partial charge in [0, 0.05) is 6.07 Å². The topological polar surface area (TPSA) is 102 Å². The predicted octanol–water partition coefficient (Wildman–Crippen LogP) is 1.80. The molecule has 0 aliphatic heterocycles. The van der Waals surface area contributed by atoms with Gasteiger partial charge in [-0.1, -0.05) is 35.5 Å². The number of aromatic carboxylic acids is 1. The zero-order valence-electron chi connectivity index (χ0n) is 10.4. The summed E-state index contributed by atoms with van der Waals surface area (Å²) in [5.74, 6) is -1.49. The number of ether oxygens (including phenoxy) is 1. The van der Waals surface area contributed by atoms with E-state index in [0.717, 1.165) is 5.56 Å². The van der Waals surface area contributed by atoms with Crippen molar-refractivity contribution in [2.45, 2.75) is 13.2 Å². The Morgan fingerprint density at radius 2 is 2.05 bits per heavy atom. The molecule has 0 unspecified atom stereocenters. The second-order valence-corrected chi connectivity index (χ2v) is 3.90. The van der Waals surface area contributed by atoms with Crippen molar-refractivity contribution >= 4 is 12.1 Å². The summed E-state index contributed by atoms with van der Waals surface area (Å²) in [4.78, 5) is 22.0. The predicted molar refractivity (Wildman–Crippen MR) is 66.9 cm³/mol. The van der Waals surface area contributed by atoms with Crippen LogP contribution >= 0.6 is 0 Å². The van der Waals surface area contributed by atoms with Crippen LogP contribution in [0.3, 0.4) is 0 Å². The number of aromatic nitrogens is 1. The SMILES string of the molecule is O=C(NCc1cc(C(=O)O)on1)OCc1ccccc1. The highest BCUT2D eigenvalue weighted by Gasteiger charge is 2.11. The largest absolute Gasteiger partial charge is 0.475 e. The lowest BCUT2D eigenvalue weighted by Crippen LogP contribution is -2.23. The number of benzene rings is 1. The minimum Gasteiger partial charge on any atom is -0.475 e. The van der Waals surface area contributed by atoms with Crippen LogP contribution in [0, 0.1) is 0 Å². The van der Waals surface area contributed by atoms with Crippen LogP contribution < -0.4 is 5.32 Å². The Balaban J connectivity index is 1.76. The molecule has 0 saturated carbocycles. The molecule has 1 aromatic heterocycles. The minimum absolute atomic E-state index is 0.0321. The molecule has 20 heavy (non-hydrogen) atoms. The van der Waals surface area contributed by atoms with Gasteiger partial charge in [0.25, 0.3) is 0 Å². The van der Waals surface area contributed by atoms with Crippen molar-refractivity contribution in [2.24, 2.45) is 0 Å². The third-order valence-corrected chi connectivity index (χ3v) is 2.40. The van der Waals surface area contributed by atoms with E-state index in [9.17, 15) is 9.59 Å². The van der Waals surface area contributed by atoms with Crippen LogP contribution in [0.2, 0.25) is 0 Å². The van der Waals surface area contributed by atoms with Crippen molar-refractivity contribution in [1.82, 2.24) is 10.5 Å². The molecule has 104 valence electrons. The van der Waals surface area contributed by atoms with Crippen molar-refractivity contribution in [3.63, 3.8) is 0 Å². The maximum absolute atomic E-state index is 11.4. The molecule has 0 spiro atoms. The Kier molecular flexibility index (Phi) is 4.33. The van der Waals surface area contributed by atoms with E-state index in [-0.39, 0.29) is 18.9 Å². The fourth-order valence-electron chi connectivity index (χ4n) is 1.43. The summed E-state index contributed by atoms with van der Waals surface area (Å²) >= 11 is 0. The molecule has 1 heterocycles.